The van der Waals surface area contributed by atoms with E-state index in [9.17, 15) is 0 Å². The molecule has 76 valence electrons. The van der Waals surface area contributed by atoms with Gasteiger partial charge in [0.05, 0.1) is 0 Å². The molecule has 0 saturated carbocycles. The number of hydrogen-bond acceptors (Lipinski definition) is 0. The van der Waals surface area contributed by atoms with E-state index in [1.54, 1.807) is 0 Å². The van der Waals surface area contributed by atoms with Crippen LogP contribution in [-0.2, 0) is 0 Å². The van der Waals surface area contributed by atoms with E-state index in [1.165, 1.54) is 0 Å². The minimum absolute atomic E-state index is 0. The summed E-state index contributed by atoms with van der Waals surface area (Å²) in [7, 11) is 0. The molecular formula is C7H17Cl3OSi. The first-order chi connectivity index (χ1) is 4.97. The molecule has 0 unspecified atom stereocenters. The van der Waals surface area contributed by atoms with Gasteiger partial charge in [0.25, 0.3) is 0 Å². The maximum absolute atomic E-state index is 5.50. The SMILES string of the molecule is C=CCC.CCC[Si](Cl)(Cl)Cl.O. The lowest BCUT2D eigenvalue weighted by atomic mass is 10.5. The molecule has 0 aromatic heterocycles. The summed E-state index contributed by atoms with van der Waals surface area (Å²) >= 11 is 16.5. The van der Waals surface area contributed by atoms with Gasteiger partial charge >= 0.3 is 6.00 Å². The Morgan fingerprint density at radius 3 is 1.58 bits per heavy atom. The van der Waals surface area contributed by atoms with Crippen molar-refractivity contribution in [2.24, 2.45) is 0 Å². The molecule has 0 aliphatic heterocycles. The highest BCUT2D eigenvalue weighted by Gasteiger charge is 2.22. The van der Waals surface area contributed by atoms with Crippen LogP contribution in [-0.4, -0.2) is 11.5 Å². The second kappa shape index (κ2) is 11.8. The van der Waals surface area contributed by atoms with Crippen molar-refractivity contribution in [1.29, 1.82) is 0 Å². The molecule has 0 aromatic carbocycles. The molecule has 0 fully saturated rings. The molecule has 2 N–H and O–H groups in total. The first-order valence-corrected chi connectivity index (χ1v) is 8.89. The van der Waals surface area contributed by atoms with Crippen molar-refractivity contribution in [3.63, 3.8) is 0 Å². The van der Waals surface area contributed by atoms with Gasteiger partial charge in [-0.05, 0) is 12.5 Å². The topological polar surface area (TPSA) is 31.5 Å². The van der Waals surface area contributed by atoms with Crippen LogP contribution in [0.1, 0.15) is 26.7 Å². The largest absolute Gasteiger partial charge is 0.412 e. The minimum atomic E-state index is -2.24. The monoisotopic (exact) mass is 250 g/mol. The zero-order valence-electron chi connectivity index (χ0n) is 7.54. The lowest BCUT2D eigenvalue weighted by Gasteiger charge is -2.01. The Morgan fingerprint density at radius 2 is 1.58 bits per heavy atom. The maximum Gasteiger partial charge on any atom is 0.341 e. The van der Waals surface area contributed by atoms with Crippen LogP contribution in [0.25, 0.3) is 0 Å². The quantitative estimate of drug-likeness (QED) is 0.415. The third-order valence-electron chi connectivity index (χ3n) is 0.822. The van der Waals surface area contributed by atoms with Crippen molar-refractivity contribution >= 4 is 39.2 Å². The highest BCUT2D eigenvalue weighted by atomic mass is 35.8. The Hall–Kier alpha value is 0.787. The zero-order valence-corrected chi connectivity index (χ0v) is 10.8. The maximum atomic E-state index is 5.50. The van der Waals surface area contributed by atoms with Crippen molar-refractivity contribution in [2.45, 2.75) is 32.7 Å². The molecule has 0 aliphatic carbocycles. The minimum Gasteiger partial charge on any atom is -0.412 e. The molecule has 12 heavy (non-hydrogen) atoms. The summed E-state index contributed by atoms with van der Waals surface area (Å²) in [4.78, 5) is 0. The van der Waals surface area contributed by atoms with Crippen LogP contribution in [0.4, 0.5) is 0 Å². The lowest BCUT2D eigenvalue weighted by molar-refractivity contribution is 0.824. The van der Waals surface area contributed by atoms with Gasteiger partial charge in [-0.15, -0.1) is 39.8 Å². The predicted molar refractivity (Wildman–Crippen MR) is 62.5 cm³/mol. The summed E-state index contributed by atoms with van der Waals surface area (Å²) in [6, 6.07) is -1.47. The summed E-state index contributed by atoms with van der Waals surface area (Å²) in [5, 5.41) is 0. The van der Waals surface area contributed by atoms with Crippen molar-refractivity contribution < 1.29 is 5.48 Å². The molecule has 0 rings (SSSR count). The number of hydrogen-bond donors (Lipinski definition) is 0. The molecule has 0 heterocycles. The molecule has 0 aromatic rings. The number of halogens is 3. The third-order valence-corrected chi connectivity index (χ3v) is 3.59. The molecule has 0 aliphatic rings. The Labute approximate surface area is 90.1 Å². The van der Waals surface area contributed by atoms with Gasteiger partial charge in [-0.2, -0.15) is 0 Å². The first kappa shape index (κ1) is 18.5. The molecule has 5 heteroatoms. The van der Waals surface area contributed by atoms with Gasteiger partial charge in [-0.1, -0.05) is 26.3 Å². The normalized spacial score (nSPS) is 9.08. The van der Waals surface area contributed by atoms with Gasteiger partial charge in [0, 0.05) is 0 Å². The molecule has 0 radical (unpaired) electrons. The summed E-state index contributed by atoms with van der Waals surface area (Å²) < 4.78 is 0. The van der Waals surface area contributed by atoms with E-state index in [2.05, 4.69) is 13.5 Å². The highest BCUT2D eigenvalue weighted by Crippen LogP contribution is 2.25. The lowest BCUT2D eigenvalue weighted by Crippen LogP contribution is -2.06. The van der Waals surface area contributed by atoms with Crippen molar-refractivity contribution in [1.82, 2.24) is 0 Å². The average molecular weight is 252 g/mol. The fraction of sp³-hybridized carbons (Fsp3) is 0.714. The van der Waals surface area contributed by atoms with Crippen LogP contribution in [0.2, 0.25) is 6.04 Å². The molecule has 1 nitrogen and oxygen atoms in total. The van der Waals surface area contributed by atoms with Gasteiger partial charge in [0.15, 0.2) is 0 Å². The number of rotatable bonds is 3. The molecule has 0 saturated heterocycles. The predicted octanol–water partition coefficient (Wildman–Crippen LogP) is 3.81. The van der Waals surface area contributed by atoms with E-state index < -0.39 is 6.00 Å². The van der Waals surface area contributed by atoms with Gasteiger partial charge in [0.1, 0.15) is 0 Å². The highest BCUT2D eigenvalue weighted by molar-refractivity contribution is 7.64. The summed E-state index contributed by atoms with van der Waals surface area (Å²) in [6.45, 7) is 7.55. The standard InChI is InChI=1S/C4H8.C3H7Cl3Si.H2O/c1-3-4-2;1-2-3-7(4,5)6;/h3H,1,4H2,2H3;2-3H2,1H3;1H2. The van der Waals surface area contributed by atoms with Gasteiger partial charge < -0.3 is 5.48 Å². The zero-order chi connectivity index (χ0) is 9.33. The van der Waals surface area contributed by atoms with Gasteiger partial charge in [-0.25, -0.2) is 0 Å². The fourth-order valence-corrected chi connectivity index (χ4v) is 2.55. The Kier molecular flexibility index (Phi) is 18.2. The Balaban J connectivity index is -0.000000142. The van der Waals surface area contributed by atoms with Crippen LogP contribution in [0, 0.1) is 0 Å². The molecular weight excluding hydrogens is 235 g/mol. The second-order valence-corrected chi connectivity index (χ2v) is 11.3. The van der Waals surface area contributed by atoms with Crippen LogP contribution in [0.5, 0.6) is 0 Å². The Morgan fingerprint density at radius 1 is 1.25 bits per heavy atom. The van der Waals surface area contributed by atoms with E-state index in [4.69, 9.17) is 33.2 Å². The fourth-order valence-electron chi connectivity index (χ4n) is 0.283. The molecule has 0 amide bonds. The van der Waals surface area contributed by atoms with Crippen LogP contribution in [0.15, 0.2) is 12.7 Å². The number of allylic oxidation sites excluding steroid dienone is 1. The molecule has 0 bridgehead atoms. The van der Waals surface area contributed by atoms with E-state index in [0.29, 0.717) is 0 Å². The smallest absolute Gasteiger partial charge is 0.341 e. The molecule has 0 spiro atoms. The van der Waals surface area contributed by atoms with E-state index in [-0.39, 0.29) is 5.48 Å². The Bertz CT molecular complexity index is 93.1. The van der Waals surface area contributed by atoms with Gasteiger partial charge in [0.2, 0.25) is 0 Å². The van der Waals surface area contributed by atoms with Crippen molar-refractivity contribution in [2.75, 3.05) is 0 Å². The third kappa shape index (κ3) is 30.9. The van der Waals surface area contributed by atoms with E-state index in [1.807, 2.05) is 13.0 Å². The average Bonchev–Trinajstić information content (AvgIpc) is 1.86. The summed E-state index contributed by atoms with van der Waals surface area (Å²) in [5.41, 5.74) is 0. The first-order valence-electron chi connectivity index (χ1n) is 3.65. The molecule has 0 atom stereocenters. The van der Waals surface area contributed by atoms with Crippen LogP contribution >= 0.6 is 33.2 Å². The van der Waals surface area contributed by atoms with E-state index in [0.717, 1.165) is 18.9 Å². The van der Waals surface area contributed by atoms with Crippen molar-refractivity contribution in [3.8, 4) is 0 Å². The van der Waals surface area contributed by atoms with Crippen LogP contribution in [0.3, 0.4) is 0 Å². The summed E-state index contributed by atoms with van der Waals surface area (Å²) in [6.07, 6.45) is 3.93. The summed E-state index contributed by atoms with van der Waals surface area (Å²) in [5.74, 6) is 0. The van der Waals surface area contributed by atoms with E-state index >= 15 is 0 Å². The second-order valence-electron chi connectivity index (χ2n) is 2.06. The van der Waals surface area contributed by atoms with Crippen molar-refractivity contribution in [3.05, 3.63) is 12.7 Å². The van der Waals surface area contributed by atoms with Crippen LogP contribution < -0.4 is 0 Å². The van der Waals surface area contributed by atoms with Gasteiger partial charge in [-0.3, -0.25) is 0 Å².